The summed E-state index contributed by atoms with van der Waals surface area (Å²) in [5.41, 5.74) is 3.43. The van der Waals surface area contributed by atoms with Crippen molar-refractivity contribution in [3.8, 4) is 11.4 Å². The standard InChI is InChI=1S/C21H16N4O3S/c26-20-11-10-18(24-25(20)16-6-2-1-3-7-16)21(27)23-17-8-4-5-9-19(17)28-12-15-13-29-14-22-15/h1-11,13-14H,12H2,(H,23,27). The fourth-order valence-electron chi connectivity index (χ4n) is 2.63. The summed E-state index contributed by atoms with van der Waals surface area (Å²) in [7, 11) is 0. The third kappa shape index (κ3) is 4.39. The van der Waals surface area contributed by atoms with Crippen LogP contribution in [0.15, 0.2) is 82.4 Å². The highest BCUT2D eigenvalue weighted by atomic mass is 32.1. The van der Waals surface area contributed by atoms with Crippen LogP contribution in [0, 0.1) is 0 Å². The molecule has 0 bridgehead atoms. The summed E-state index contributed by atoms with van der Waals surface area (Å²) < 4.78 is 6.98. The fourth-order valence-corrected chi connectivity index (χ4v) is 3.17. The molecule has 0 saturated carbocycles. The molecule has 7 nitrogen and oxygen atoms in total. The van der Waals surface area contributed by atoms with Crippen molar-refractivity contribution in [1.82, 2.24) is 14.8 Å². The first kappa shape index (κ1) is 18.6. The summed E-state index contributed by atoms with van der Waals surface area (Å²) >= 11 is 1.49. The summed E-state index contributed by atoms with van der Waals surface area (Å²) in [4.78, 5) is 29.1. The minimum Gasteiger partial charge on any atom is -0.485 e. The van der Waals surface area contributed by atoms with E-state index in [1.54, 1.807) is 48.0 Å². The van der Waals surface area contributed by atoms with E-state index >= 15 is 0 Å². The Morgan fingerprint density at radius 2 is 1.83 bits per heavy atom. The van der Waals surface area contributed by atoms with Crippen LogP contribution < -0.4 is 15.6 Å². The number of carbonyl (C=O) groups is 1. The number of para-hydroxylation sites is 3. The molecule has 0 aliphatic rings. The van der Waals surface area contributed by atoms with Gasteiger partial charge >= 0.3 is 0 Å². The van der Waals surface area contributed by atoms with Crippen LogP contribution in [0.2, 0.25) is 0 Å². The zero-order chi connectivity index (χ0) is 20.1. The number of thiazole rings is 1. The van der Waals surface area contributed by atoms with Crippen LogP contribution in [0.25, 0.3) is 5.69 Å². The predicted octanol–water partition coefficient (Wildman–Crippen LogP) is 3.52. The zero-order valence-corrected chi connectivity index (χ0v) is 16.0. The lowest BCUT2D eigenvalue weighted by Crippen LogP contribution is -2.25. The van der Waals surface area contributed by atoms with Gasteiger partial charge in [-0.05, 0) is 30.3 Å². The lowest BCUT2D eigenvalue weighted by molar-refractivity contribution is 0.102. The number of nitrogens with one attached hydrogen (secondary N) is 1. The topological polar surface area (TPSA) is 86.1 Å². The Morgan fingerprint density at radius 3 is 2.62 bits per heavy atom. The first-order chi connectivity index (χ1) is 14.2. The largest absolute Gasteiger partial charge is 0.485 e. The van der Waals surface area contributed by atoms with Crippen molar-refractivity contribution in [1.29, 1.82) is 0 Å². The average Bonchev–Trinajstić information content (AvgIpc) is 3.28. The Morgan fingerprint density at radius 1 is 1.03 bits per heavy atom. The van der Waals surface area contributed by atoms with E-state index in [0.717, 1.165) is 5.69 Å². The molecule has 0 aliphatic carbocycles. The van der Waals surface area contributed by atoms with E-state index in [-0.39, 0.29) is 11.3 Å². The SMILES string of the molecule is O=C(Nc1ccccc1OCc1cscn1)c1ccc(=O)n(-c2ccccc2)n1. The van der Waals surface area contributed by atoms with Crippen molar-refractivity contribution in [3.05, 3.63) is 99.4 Å². The van der Waals surface area contributed by atoms with Gasteiger partial charge in [0.1, 0.15) is 18.1 Å². The van der Waals surface area contributed by atoms with E-state index in [9.17, 15) is 9.59 Å². The number of hydrogen-bond acceptors (Lipinski definition) is 6. The zero-order valence-electron chi connectivity index (χ0n) is 15.2. The highest BCUT2D eigenvalue weighted by molar-refractivity contribution is 7.07. The summed E-state index contributed by atoms with van der Waals surface area (Å²) in [6.07, 6.45) is 0. The second-order valence-corrected chi connectivity index (χ2v) is 6.74. The van der Waals surface area contributed by atoms with E-state index in [0.29, 0.717) is 23.7 Å². The highest BCUT2D eigenvalue weighted by Crippen LogP contribution is 2.25. The molecule has 0 radical (unpaired) electrons. The summed E-state index contributed by atoms with van der Waals surface area (Å²) in [6, 6.07) is 18.8. The average molecular weight is 404 g/mol. The number of nitrogens with zero attached hydrogens (tertiary/aromatic N) is 3. The van der Waals surface area contributed by atoms with Crippen LogP contribution in [-0.4, -0.2) is 20.7 Å². The quantitative estimate of drug-likeness (QED) is 0.531. The molecular weight excluding hydrogens is 388 g/mol. The number of ether oxygens (including phenoxy) is 1. The normalized spacial score (nSPS) is 10.5. The number of anilines is 1. The Bertz CT molecular complexity index is 1170. The van der Waals surface area contributed by atoms with Gasteiger partial charge in [0.2, 0.25) is 0 Å². The number of benzene rings is 2. The first-order valence-electron chi connectivity index (χ1n) is 8.77. The molecule has 1 N–H and O–H groups in total. The first-order valence-corrected chi connectivity index (χ1v) is 9.71. The van der Waals surface area contributed by atoms with Crippen LogP contribution >= 0.6 is 11.3 Å². The van der Waals surface area contributed by atoms with Gasteiger partial charge < -0.3 is 10.1 Å². The Balaban J connectivity index is 1.55. The van der Waals surface area contributed by atoms with E-state index in [2.05, 4.69) is 15.4 Å². The molecule has 2 aromatic heterocycles. The molecule has 29 heavy (non-hydrogen) atoms. The molecule has 4 rings (SSSR count). The predicted molar refractivity (Wildman–Crippen MR) is 111 cm³/mol. The second kappa shape index (κ2) is 8.49. The van der Waals surface area contributed by atoms with Crippen LogP contribution in [0.4, 0.5) is 5.69 Å². The van der Waals surface area contributed by atoms with Crippen LogP contribution in [0.3, 0.4) is 0 Å². The van der Waals surface area contributed by atoms with Gasteiger partial charge in [0.05, 0.1) is 22.6 Å². The molecule has 0 fully saturated rings. The van der Waals surface area contributed by atoms with E-state index in [1.807, 2.05) is 17.5 Å². The van der Waals surface area contributed by atoms with Crippen molar-refractivity contribution in [2.24, 2.45) is 0 Å². The molecule has 0 spiro atoms. The van der Waals surface area contributed by atoms with Crippen LogP contribution in [-0.2, 0) is 6.61 Å². The number of hydrogen-bond donors (Lipinski definition) is 1. The van der Waals surface area contributed by atoms with Gasteiger partial charge in [-0.1, -0.05) is 30.3 Å². The van der Waals surface area contributed by atoms with Gasteiger partial charge in [0, 0.05) is 11.4 Å². The maximum Gasteiger partial charge on any atom is 0.276 e. The Hall–Kier alpha value is -3.78. The number of amides is 1. The van der Waals surface area contributed by atoms with Gasteiger partial charge in [0.15, 0.2) is 0 Å². The molecule has 2 heterocycles. The van der Waals surface area contributed by atoms with Crippen molar-refractivity contribution >= 4 is 22.9 Å². The van der Waals surface area contributed by atoms with Gasteiger partial charge in [-0.3, -0.25) is 9.59 Å². The molecule has 0 saturated heterocycles. The summed E-state index contributed by atoms with van der Waals surface area (Å²) in [5, 5.41) is 8.89. The molecule has 8 heteroatoms. The summed E-state index contributed by atoms with van der Waals surface area (Å²) in [6.45, 7) is 0.299. The molecule has 0 atom stereocenters. The van der Waals surface area contributed by atoms with Crippen molar-refractivity contribution in [2.45, 2.75) is 6.61 Å². The number of aromatic nitrogens is 3. The fraction of sp³-hybridized carbons (Fsp3) is 0.0476. The monoisotopic (exact) mass is 404 g/mol. The third-order valence-electron chi connectivity index (χ3n) is 4.03. The number of carbonyl (C=O) groups excluding carboxylic acids is 1. The maximum atomic E-state index is 12.7. The van der Waals surface area contributed by atoms with Crippen molar-refractivity contribution in [3.63, 3.8) is 0 Å². The number of rotatable bonds is 6. The smallest absolute Gasteiger partial charge is 0.276 e. The Labute approximate surface area is 170 Å². The molecule has 0 aliphatic heterocycles. The van der Waals surface area contributed by atoms with Gasteiger partial charge in [-0.25, -0.2) is 4.98 Å². The maximum absolute atomic E-state index is 12.7. The minimum absolute atomic E-state index is 0.114. The third-order valence-corrected chi connectivity index (χ3v) is 4.66. The van der Waals surface area contributed by atoms with Gasteiger partial charge in [-0.15, -0.1) is 11.3 Å². The molecule has 1 amide bonds. The van der Waals surface area contributed by atoms with Crippen LogP contribution in [0.1, 0.15) is 16.2 Å². The second-order valence-electron chi connectivity index (χ2n) is 6.02. The lowest BCUT2D eigenvalue weighted by Gasteiger charge is -2.12. The van der Waals surface area contributed by atoms with Crippen LogP contribution in [0.5, 0.6) is 5.75 Å². The van der Waals surface area contributed by atoms with Gasteiger partial charge in [-0.2, -0.15) is 9.78 Å². The summed E-state index contributed by atoms with van der Waals surface area (Å²) in [5.74, 6) is 0.0737. The van der Waals surface area contributed by atoms with Gasteiger partial charge in [0.25, 0.3) is 11.5 Å². The highest BCUT2D eigenvalue weighted by Gasteiger charge is 2.13. The molecule has 4 aromatic rings. The van der Waals surface area contributed by atoms with Crippen molar-refractivity contribution in [2.75, 3.05) is 5.32 Å². The molecule has 0 unspecified atom stereocenters. The molecule has 2 aromatic carbocycles. The molecular formula is C21H16N4O3S. The minimum atomic E-state index is -0.445. The van der Waals surface area contributed by atoms with E-state index in [4.69, 9.17) is 4.74 Å². The Kier molecular flexibility index (Phi) is 5.44. The lowest BCUT2D eigenvalue weighted by atomic mass is 10.2. The molecule has 144 valence electrons. The van der Waals surface area contributed by atoms with E-state index in [1.165, 1.54) is 28.2 Å². The van der Waals surface area contributed by atoms with E-state index < -0.39 is 5.91 Å². The van der Waals surface area contributed by atoms with Crippen molar-refractivity contribution < 1.29 is 9.53 Å².